The van der Waals surface area contributed by atoms with E-state index in [4.69, 9.17) is 28.9 Å². The number of alkyl halides is 2. The van der Waals surface area contributed by atoms with E-state index in [1.165, 1.54) is 27.7 Å². The maximum absolute atomic E-state index is 10.9. The molecule has 0 atom stereocenters. The molecule has 18 nitrogen and oxygen atoms in total. The molecule has 0 bridgehead atoms. The first-order valence-electron chi connectivity index (χ1n) is 13.6. The van der Waals surface area contributed by atoms with Gasteiger partial charge in [-0.1, -0.05) is 11.1 Å². The molecule has 0 aliphatic carbocycles. The van der Waals surface area contributed by atoms with Crippen molar-refractivity contribution in [3.63, 3.8) is 0 Å². The molecular formula is C28H35Cl2CoN6O12+4. The zero-order chi connectivity index (χ0) is 37.3. The van der Waals surface area contributed by atoms with Crippen LogP contribution in [0.3, 0.4) is 0 Å². The minimum atomic E-state index is -0.811. The number of nitrogens with zero attached hydrogens (tertiary/aromatic N) is 5. The summed E-state index contributed by atoms with van der Waals surface area (Å²) in [5.74, 6) is -0.292. The number of rotatable bonds is 16. The topological polar surface area (TPSA) is 285 Å². The largest absolute Gasteiger partial charge is 3.00 e. The summed E-state index contributed by atoms with van der Waals surface area (Å²) in [5, 5.41) is 43.1. The van der Waals surface area contributed by atoms with Gasteiger partial charge in [-0.15, -0.1) is 41.9 Å². The van der Waals surface area contributed by atoms with E-state index in [1.54, 1.807) is 0 Å². The van der Waals surface area contributed by atoms with E-state index >= 15 is 0 Å². The van der Waals surface area contributed by atoms with Crippen molar-refractivity contribution in [2.24, 2.45) is 0 Å². The van der Waals surface area contributed by atoms with Crippen LogP contribution >= 0.6 is 23.2 Å². The van der Waals surface area contributed by atoms with Gasteiger partial charge in [0.05, 0.1) is 21.7 Å². The Bertz CT molecular complexity index is 1400. The van der Waals surface area contributed by atoms with Crippen LogP contribution in [0.15, 0.2) is 36.4 Å². The molecule has 0 spiro atoms. The fourth-order valence-electron chi connectivity index (χ4n) is 4.03. The maximum atomic E-state index is 10.9. The van der Waals surface area contributed by atoms with E-state index in [9.17, 15) is 59.6 Å². The predicted molar refractivity (Wildman–Crippen MR) is 182 cm³/mol. The van der Waals surface area contributed by atoms with Crippen molar-refractivity contribution in [3.8, 4) is 0 Å². The van der Waals surface area contributed by atoms with Crippen LogP contribution in [-0.4, -0.2) is 105 Å². The Morgan fingerprint density at radius 2 is 0.959 bits per heavy atom. The van der Waals surface area contributed by atoms with Gasteiger partial charge in [-0.05, 0) is 18.7 Å². The van der Waals surface area contributed by atoms with Gasteiger partial charge in [0, 0.05) is 74.5 Å². The van der Waals surface area contributed by atoms with Gasteiger partial charge in [0.1, 0.15) is 0 Å². The number of nitrogens with one attached hydrogen (secondary N) is 1. The van der Waals surface area contributed by atoms with Crippen LogP contribution in [0.5, 0.6) is 0 Å². The summed E-state index contributed by atoms with van der Waals surface area (Å²) < 4.78 is 0. The van der Waals surface area contributed by atoms with Crippen LogP contribution in [-0.2, 0) is 16.8 Å². The Hall–Kier alpha value is -4.53. The van der Waals surface area contributed by atoms with Crippen molar-refractivity contribution >= 4 is 69.1 Å². The first-order chi connectivity index (χ1) is 22.3. The molecule has 0 fully saturated rings. The minimum Gasteiger partial charge on any atom is -0.676 e. The Kier molecular flexibility index (Phi) is 21.8. The van der Waals surface area contributed by atoms with Crippen LogP contribution in [0.4, 0.5) is 22.7 Å². The van der Waals surface area contributed by atoms with Crippen molar-refractivity contribution in [1.82, 2.24) is 4.90 Å². The molecule has 0 heterocycles. The number of halogens is 2. The molecule has 0 aliphatic rings. The molecule has 0 saturated heterocycles. The van der Waals surface area contributed by atoms with Crippen LogP contribution in [0.25, 0.3) is 5.73 Å². The number of hydrogen-bond donors (Lipinski definition) is 0. The second-order valence-corrected chi connectivity index (χ2v) is 10.2. The fourth-order valence-corrected chi connectivity index (χ4v) is 4.51. The monoisotopic (exact) mass is 776 g/mol. The molecule has 0 aliphatic heterocycles. The first kappa shape index (κ1) is 46.6. The molecular weight excluding hydrogens is 742 g/mol. The summed E-state index contributed by atoms with van der Waals surface area (Å²) in [4.78, 5) is 79.8. The van der Waals surface area contributed by atoms with Crippen LogP contribution in [0.2, 0.25) is 0 Å². The summed E-state index contributed by atoms with van der Waals surface area (Å²) in [6.07, 6.45) is 0. The number of carbonyl (C=O) groups excluding carboxylic acids is 4. The number of ketones is 4. The Morgan fingerprint density at radius 1 is 0.653 bits per heavy atom. The summed E-state index contributed by atoms with van der Waals surface area (Å²) in [6, 6.07) is 5.92. The third-order valence-corrected chi connectivity index (χ3v) is 6.33. The third-order valence-electron chi connectivity index (χ3n) is 5.99. The standard InChI is InChI=1S/2C11H9N2O6.C6H13Cl2N2.Co/c2*1-6(14)11(7(2)15)9-4-3-8(12(16)17)5-10(9)13(18)19;7-1-4-10(5-2-8)6-3-9;/h2*3-5H,1-2H3;9H,1-6H2;/q3*-1;+3/p+4. The Labute approximate surface area is 300 Å². The van der Waals surface area contributed by atoms with E-state index in [-0.39, 0.29) is 62.9 Å². The van der Waals surface area contributed by atoms with Crippen molar-refractivity contribution in [2.45, 2.75) is 27.7 Å². The third kappa shape index (κ3) is 15.1. The summed E-state index contributed by atoms with van der Waals surface area (Å²) in [7, 11) is 0. The summed E-state index contributed by atoms with van der Waals surface area (Å²) >= 11 is 11.0. The van der Waals surface area contributed by atoms with E-state index in [0.29, 0.717) is 18.3 Å². The van der Waals surface area contributed by atoms with Crippen LogP contribution < -0.4 is 0 Å². The van der Waals surface area contributed by atoms with Crippen LogP contribution in [0.1, 0.15) is 38.8 Å². The molecule has 2 aromatic carbocycles. The quantitative estimate of drug-likeness (QED) is 0.0557. The van der Waals surface area contributed by atoms with E-state index in [2.05, 4.69) is 4.90 Å². The van der Waals surface area contributed by atoms with E-state index in [1.807, 2.05) is 0 Å². The van der Waals surface area contributed by atoms with Crippen molar-refractivity contribution in [1.29, 1.82) is 0 Å². The predicted octanol–water partition coefficient (Wildman–Crippen LogP) is 4.93. The molecule has 49 heavy (non-hydrogen) atoms. The van der Waals surface area contributed by atoms with Crippen molar-refractivity contribution < 1.29 is 55.7 Å². The number of nitro benzene ring substituents is 4. The second kappa shape index (κ2) is 22.9. The minimum absolute atomic E-state index is 0. The average Bonchev–Trinajstić information content (AvgIpc) is 2.97. The molecule has 0 saturated carbocycles. The number of benzene rings is 2. The zero-order valence-electron chi connectivity index (χ0n) is 26.6. The molecule has 0 amide bonds. The first-order valence-corrected chi connectivity index (χ1v) is 14.6. The average molecular weight is 777 g/mol. The molecule has 0 aromatic heterocycles. The van der Waals surface area contributed by atoms with E-state index in [0.717, 1.165) is 56.0 Å². The van der Waals surface area contributed by atoms with Crippen molar-refractivity contribution in [3.05, 3.63) is 106 Å². The van der Waals surface area contributed by atoms with Crippen LogP contribution in [0, 0.1) is 52.3 Å². The molecule has 268 valence electrons. The summed E-state index contributed by atoms with van der Waals surface area (Å²) in [5.41, 5.74) is 4.77. The summed E-state index contributed by atoms with van der Waals surface area (Å²) in [6.45, 7) is 7.88. The SMILES string of the molecule is CC(=[OH+])[C-](C(C)=[OH+])c1ccc([N+](=O)[O-])cc1[N+](=O)[O-].CC(=[OH+])[C-](C(C)=[OH+])c1ccc([N+](=O)[O-])cc1[N+](=O)[O-].[Co+3].[NH-]CCN(CCCl)CCCl. The molecule has 2 aromatic rings. The molecule has 21 heteroatoms. The molecule has 0 unspecified atom stereocenters. The van der Waals surface area contributed by atoms with Gasteiger partial charge in [-0.25, -0.2) is 0 Å². The van der Waals surface area contributed by atoms with Gasteiger partial charge in [0.15, 0.2) is 11.4 Å². The van der Waals surface area contributed by atoms with Gasteiger partial charge in [0.2, 0.25) is 0 Å². The molecule has 0 radical (unpaired) electrons. The molecule has 2 rings (SSSR count). The number of nitro groups is 4. The van der Waals surface area contributed by atoms with Crippen molar-refractivity contribution in [2.75, 3.05) is 37.9 Å². The second-order valence-electron chi connectivity index (χ2n) is 9.49. The fraction of sp³-hybridized carbons (Fsp3) is 0.357. The molecule has 5 N–H and O–H groups in total. The zero-order valence-corrected chi connectivity index (χ0v) is 29.1. The number of hydrogen-bond acceptors (Lipinski definition) is 9. The number of non-ortho nitro benzene ring substituents is 2. The maximum Gasteiger partial charge on any atom is 3.00 e. The van der Waals surface area contributed by atoms with Gasteiger partial charge in [-0.2, -0.15) is 0 Å². The van der Waals surface area contributed by atoms with Gasteiger partial charge in [-0.3, -0.25) is 59.6 Å². The van der Waals surface area contributed by atoms with Gasteiger partial charge < -0.3 is 10.6 Å². The van der Waals surface area contributed by atoms with Gasteiger partial charge in [0.25, 0.3) is 34.5 Å². The Morgan fingerprint density at radius 3 is 1.16 bits per heavy atom. The van der Waals surface area contributed by atoms with E-state index < -0.39 is 42.4 Å². The smallest absolute Gasteiger partial charge is 0.676 e. The Balaban J connectivity index is 0. The normalized spacial score (nSPS) is 9.80. The van der Waals surface area contributed by atoms with Gasteiger partial charge >= 0.3 is 16.8 Å².